The lowest BCUT2D eigenvalue weighted by molar-refractivity contribution is -0.936. The smallest absolute Gasteiger partial charge is 0.104 e. The predicted molar refractivity (Wildman–Crippen MR) is 67.0 cm³/mol. The summed E-state index contributed by atoms with van der Waals surface area (Å²) in [6, 6.07) is 10.8. The maximum atomic E-state index is 2.29. The van der Waals surface area contributed by atoms with E-state index < -0.39 is 0 Å². The van der Waals surface area contributed by atoms with Crippen LogP contribution < -0.4 is 4.70 Å². The Balaban J connectivity index is -0.000000653. The maximum absolute atomic E-state index is 2.29. The zero-order valence-electron chi connectivity index (χ0n) is 10.9. The topological polar surface area (TPSA) is 0 Å². The number of halogens is 3. The Morgan fingerprint density at radius 3 is 1.59 bits per heavy atom. The Morgan fingerprint density at radius 2 is 1.24 bits per heavy atom. The number of benzene rings is 1. The largest absolute Gasteiger partial charge is 1.00 e. The molecule has 0 saturated carbocycles. The van der Waals surface area contributed by atoms with Gasteiger partial charge in [0.05, 0.1) is 19.6 Å². The van der Waals surface area contributed by atoms with E-state index in [1.807, 2.05) is 0 Å². The van der Waals surface area contributed by atoms with Crippen molar-refractivity contribution < 1.29 is 18.6 Å². The van der Waals surface area contributed by atoms with Crippen molar-refractivity contribution in [1.82, 2.24) is 0 Å². The Bertz CT molecular complexity index is 252. The van der Waals surface area contributed by atoms with Gasteiger partial charge in [-0.1, -0.05) is 30.3 Å². The summed E-state index contributed by atoms with van der Waals surface area (Å²) in [5.41, 5.74) is 1.46. The molecule has 4 heteroatoms. The van der Waals surface area contributed by atoms with Gasteiger partial charge < -0.3 is 9.19 Å². The zero-order chi connectivity index (χ0) is 10.4. The molecule has 0 heterocycles. The molecule has 0 atom stereocenters. The van der Waals surface area contributed by atoms with Gasteiger partial charge >= 0.3 is 0 Å². The molecule has 1 nitrogen and oxygen atoms in total. The number of quaternary nitrogens is 1. The normalized spacial score (nSPS) is 9.59. The van der Waals surface area contributed by atoms with Gasteiger partial charge in [-0.2, -0.15) is 0 Å². The fourth-order valence-corrected chi connectivity index (χ4v) is 1.98. The molecule has 102 valence electrons. The maximum Gasteiger partial charge on any atom is 0.104 e. The minimum absolute atomic E-state index is 0. The van der Waals surface area contributed by atoms with Crippen LogP contribution in [0, 0.1) is 0 Å². The molecule has 0 spiro atoms. The highest BCUT2D eigenvalue weighted by Crippen LogP contribution is 2.13. The van der Waals surface area contributed by atoms with Gasteiger partial charge in [0.25, 0.3) is 0 Å². The molecule has 0 aliphatic rings. The van der Waals surface area contributed by atoms with E-state index in [2.05, 4.69) is 51.1 Å². The van der Waals surface area contributed by atoms with Gasteiger partial charge in [-0.3, -0.25) is 9.41 Å². The molecule has 0 N–H and O–H groups in total. The summed E-state index contributed by atoms with van der Waals surface area (Å²) in [4.78, 5) is 0. The second kappa shape index (κ2) is 10.1. The van der Waals surface area contributed by atoms with Crippen molar-refractivity contribution in [3.8, 4) is 0 Å². The summed E-state index contributed by atoms with van der Waals surface area (Å²) in [5, 5.41) is 0. The highest BCUT2D eigenvalue weighted by Gasteiger charge is 2.20. The summed E-state index contributed by atoms with van der Waals surface area (Å²) in [6.45, 7) is 11.7. The fraction of sp³-hybridized carbons (Fsp3) is 0.538. The van der Waals surface area contributed by atoms with Gasteiger partial charge in [0, 0.05) is 5.56 Å². The summed E-state index contributed by atoms with van der Waals surface area (Å²) in [6.07, 6.45) is 0. The van der Waals surface area contributed by atoms with Crippen LogP contribution in [0.1, 0.15) is 26.3 Å². The molecule has 0 aromatic heterocycles. The number of rotatable bonds is 5. The Hall–Kier alpha value is -1.03. The van der Waals surface area contributed by atoms with E-state index in [0.29, 0.717) is 0 Å². The Morgan fingerprint density at radius 1 is 0.824 bits per heavy atom. The van der Waals surface area contributed by atoms with E-state index in [0.717, 1.165) is 0 Å². The van der Waals surface area contributed by atoms with Crippen molar-refractivity contribution in [2.45, 2.75) is 27.3 Å². The minimum Gasteiger partial charge on any atom is -1.00 e. The molecule has 0 radical (unpaired) electrons. The first-order valence-electron chi connectivity index (χ1n) is 5.65. The third-order valence-electron chi connectivity index (χ3n) is 3.37. The molecular weight excluding hydrogens is 227 g/mol. The molecule has 0 aliphatic carbocycles. The summed E-state index contributed by atoms with van der Waals surface area (Å²) in [5.74, 6) is 0. The van der Waals surface area contributed by atoms with Gasteiger partial charge in [0.1, 0.15) is 6.54 Å². The number of hydrogen-bond acceptors (Lipinski definition) is 0. The van der Waals surface area contributed by atoms with Crippen molar-refractivity contribution in [2.24, 2.45) is 0 Å². The summed E-state index contributed by atoms with van der Waals surface area (Å²) in [7, 11) is 0. The molecule has 0 amide bonds. The Kier molecular flexibility index (Phi) is 12.7. The van der Waals surface area contributed by atoms with Crippen LogP contribution in [0.2, 0.25) is 0 Å². The van der Waals surface area contributed by atoms with Crippen LogP contribution in [0.4, 0.5) is 9.41 Å². The number of hydrogen-bond donors (Lipinski definition) is 0. The quantitative estimate of drug-likeness (QED) is 0.663. The molecule has 0 saturated heterocycles. The van der Waals surface area contributed by atoms with E-state index in [1.54, 1.807) is 0 Å². The van der Waals surface area contributed by atoms with Crippen LogP contribution in [0.5, 0.6) is 0 Å². The van der Waals surface area contributed by atoms with Crippen LogP contribution >= 0.6 is 0 Å². The highest BCUT2D eigenvalue weighted by atomic mass is 19.0. The Labute approximate surface area is 102 Å². The van der Waals surface area contributed by atoms with Gasteiger partial charge in [-0.05, 0) is 20.8 Å². The van der Waals surface area contributed by atoms with Crippen molar-refractivity contribution in [2.75, 3.05) is 19.6 Å². The third kappa shape index (κ3) is 5.73. The first-order valence-corrected chi connectivity index (χ1v) is 5.65. The van der Waals surface area contributed by atoms with Gasteiger partial charge in [0.15, 0.2) is 0 Å². The number of nitrogens with zero attached hydrogens (tertiary/aromatic N) is 1. The fourth-order valence-electron chi connectivity index (χ4n) is 1.98. The lowest BCUT2D eigenvalue weighted by Crippen LogP contribution is -3.00. The van der Waals surface area contributed by atoms with Gasteiger partial charge in [-0.25, -0.2) is 0 Å². The molecular formula is C13H24F3N. The lowest BCUT2D eigenvalue weighted by Gasteiger charge is -2.35. The molecule has 17 heavy (non-hydrogen) atoms. The standard InChI is InChI=1S/C13H22N.3FH/c1-4-14(5-2,6-3)12-13-10-8-7-9-11-13;;;/h7-11H,4-6,12H2,1-3H3;3*1H/q+1;;;/p-1. The summed E-state index contributed by atoms with van der Waals surface area (Å²) >= 11 is 0. The van der Waals surface area contributed by atoms with Crippen LogP contribution in [0.3, 0.4) is 0 Å². The van der Waals surface area contributed by atoms with E-state index in [1.165, 1.54) is 36.2 Å². The van der Waals surface area contributed by atoms with Crippen molar-refractivity contribution in [3.63, 3.8) is 0 Å². The second-order valence-corrected chi connectivity index (χ2v) is 3.93. The van der Waals surface area contributed by atoms with Crippen molar-refractivity contribution in [3.05, 3.63) is 35.9 Å². The molecule has 1 aromatic carbocycles. The van der Waals surface area contributed by atoms with E-state index >= 15 is 0 Å². The molecule has 0 aliphatic heterocycles. The third-order valence-corrected chi connectivity index (χ3v) is 3.37. The van der Waals surface area contributed by atoms with Crippen LogP contribution in [-0.2, 0) is 6.54 Å². The highest BCUT2D eigenvalue weighted by molar-refractivity contribution is 5.13. The molecule has 0 bridgehead atoms. The lowest BCUT2D eigenvalue weighted by atomic mass is 10.2. The second-order valence-electron chi connectivity index (χ2n) is 3.93. The SMILES string of the molecule is CC[N+](CC)(CC)Cc1ccccc1.F.F.[F-]. The van der Waals surface area contributed by atoms with Gasteiger partial charge in [-0.15, -0.1) is 0 Å². The van der Waals surface area contributed by atoms with E-state index in [9.17, 15) is 0 Å². The van der Waals surface area contributed by atoms with Crippen LogP contribution in [0.15, 0.2) is 30.3 Å². The van der Waals surface area contributed by atoms with E-state index in [4.69, 9.17) is 0 Å². The zero-order valence-corrected chi connectivity index (χ0v) is 10.9. The average molecular weight is 251 g/mol. The molecule has 0 unspecified atom stereocenters. The monoisotopic (exact) mass is 251 g/mol. The predicted octanol–water partition coefficient (Wildman–Crippen LogP) is 0.372. The molecule has 1 rings (SSSR count). The van der Waals surface area contributed by atoms with Gasteiger partial charge in [0.2, 0.25) is 0 Å². The summed E-state index contributed by atoms with van der Waals surface area (Å²) < 4.78 is 1.20. The first-order chi connectivity index (χ1) is 6.76. The first kappa shape index (κ1) is 21.3. The average Bonchev–Trinajstić information content (AvgIpc) is 2.28. The van der Waals surface area contributed by atoms with Crippen molar-refractivity contribution in [1.29, 1.82) is 0 Å². The molecule has 0 fully saturated rings. The molecule has 1 aromatic rings. The van der Waals surface area contributed by atoms with Crippen LogP contribution in [-0.4, -0.2) is 24.1 Å². The minimum atomic E-state index is 0. The van der Waals surface area contributed by atoms with Crippen molar-refractivity contribution >= 4 is 0 Å². The van der Waals surface area contributed by atoms with E-state index in [-0.39, 0.29) is 14.1 Å². The van der Waals surface area contributed by atoms with Crippen LogP contribution in [0.25, 0.3) is 0 Å².